The molecular weight excluding hydrogens is 278 g/mol. The molecule has 1 fully saturated rings. The van der Waals surface area contributed by atoms with Crippen LogP contribution in [0.15, 0.2) is 41.3 Å². The summed E-state index contributed by atoms with van der Waals surface area (Å²) < 4.78 is 13.5. The lowest BCUT2D eigenvalue weighted by molar-refractivity contribution is -0.0412. The van der Waals surface area contributed by atoms with E-state index in [-0.39, 0.29) is 11.5 Å². The molecule has 118 valence electrons. The van der Waals surface area contributed by atoms with Crippen molar-refractivity contribution in [2.75, 3.05) is 19.8 Å². The van der Waals surface area contributed by atoms with E-state index < -0.39 is 0 Å². The molecule has 4 nitrogen and oxygen atoms in total. The molecule has 4 heteroatoms. The van der Waals surface area contributed by atoms with Crippen LogP contribution in [0.5, 0.6) is 0 Å². The first kappa shape index (κ1) is 15.3. The molecule has 1 saturated heterocycles. The number of aromatic nitrogens is 1. The molecule has 22 heavy (non-hydrogen) atoms. The average molecular weight is 301 g/mol. The Kier molecular flexibility index (Phi) is 5.24. The van der Waals surface area contributed by atoms with Crippen molar-refractivity contribution in [1.82, 2.24) is 4.57 Å². The molecule has 1 aromatic heterocycles. The number of aryl methyl sites for hydroxylation is 1. The molecule has 0 spiro atoms. The van der Waals surface area contributed by atoms with E-state index in [9.17, 15) is 4.79 Å². The van der Waals surface area contributed by atoms with Gasteiger partial charge in [-0.2, -0.15) is 0 Å². The van der Waals surface area contributed by atoms with Crippen LogP contribution in [-0.4, -0.2) is 30.5 Å². The van der Waals surface area contributed by atoms with Crippen molar-refractivity contribution in [3.05, 3.63) is 46.8 Å². The van der Waals surface area contributed by atoms with E-state index in [2.05, 4.69) is 4.57 Å². The molecule has 1 aliphatic rings. The number of ether oxygens (including phenoxy) is 2. The van der Waals surface area contributed by atoms with E-state index in [1.807, 2.05) is 30.5 Å². The number of nitrogens with zero attached hydrogens (tertiary/aromatic N) is 1. The fourth-order valence-electron chi connectivity index (χ4n) is 2.95. The Bertz CT molecular complexity index is 659. The zero-order valence-corrected chi connectivity index (χ0v) is 12.9. The fourth-order valence-corrected chi connectivity index (χ4v) is 2.95. The summed E-state index contributed by atoms with van der Waals surface area (Å²) in [6.45, 7) is 3.15. The Balaban J connectivity index is 1.49. The SMILES string of the molecule is O=c1ccn(CCCOC[C@H]2CCCCO2)c2ccccc12. The molecule has 0 saturated carbocycles. The average Bonchev–Trinajstić information content (AvgIpc) is 2.58. The van der Waals surface area contributed by atoms with Crippen molar-refractivity contribution in [2.45, 2.75) is 38.3 Å². The van der Waals surface area contributed by atoms with Gasteiger partial charge in [-0.3, -0.25) is 4.79 Å². The number of hydrogen-bond acceptors (Lipinski definition) is 3. The van der Waals surface area contributed by atoms with Crippen LogP contribution in [-0.2, 0) is 16.0 Å². The lowest BCUT2D eigenvalue weighted by Crippen LogP contribution is -2.24. The van der Waals surface area contributed by atoms with Gasteiger partial charge in [-0.15, -0.1) is 0 Å². The topological polar surface area (TPSA) is 40.5 Å². The second-order valence-electron chi connectivity index (χ2n) is 5.81. The van der Waals surface area contributed by atoms with E-state index in [0.717, 1.165) is 43.5 Å². The van der Waals surface area contributed by atoms with E-state index in [0.29, 0.717) is 6.61 Å². The summed E-state index contributed by atoms with van der Waals surface area (Å²) in [5, 5.41) is 0.779. The number of para-hydroxylation sites is 1. The number of benzene rings is 1. The molecule has 0 N–H and O–H groups in total. The van der Waals surface area contributed by atoms with Crippen LogP contribution >= 0.6 is 0 Å². The van der Waals surface area contributed by atoms with Crippen LogP contribution in [0, 0.1) is 0 Å². The molecule has 2 heterocycles. The molecule has 1 aliphatic heterocycles. The first-order valence-electron chi connectivity index (χ1n) is 8.12. The molecule has 2 aromatic rings. The summed E-state index contributed by atoms with van der Waals surface area (Å²) >= 11 is 0. The number of fused-ring (bicyclic) bond motifs is 1. The lowest BCUT2D eigenvalue weighted by atomic mass is 10.1. The van der Waals surface area contributed by atoms with Gasteiger partial charge in [0.1, 0.15) is 0 Å². The Morgan fingerprint density at radius 3 is 3.00 bits per heavy atom. The van der Waals surface area contributed by atoms with Gasteiger partial charge in [0.05, 0.1) is 18.2 Å². The monoisotopic (exact) mass is 301 g/mol. The summed E-state index contributed by atoms with van der Waals surface area (Å²) in [5.41, 5.74) is 1.07. The van der Waals surface area contributed by atoms with E-state index in [1.165, 1.54) is 12.8 Å². The highest BCUT2D eigenvalue weighted by molar-refractivity contribution is 5.78. The van der Waals surface area contributed by atoms with Crippen molar-refractivity contribution in [3.63, 3.8) is 0 Å². The molecule has 0 unspecified atom stereocenters. The highest BCUT2D eigenvalue weighted by Crippen LogP contribution is 2.13. The fraction of sp³-hybridized carbons (Fsp3) is 0.500. The van der Waals surface area contributed by atoms with Crippen LogP contribution in [0.4, 0.5) is 0 Å². The van der Waals surface area contributed by atoms with Gasteiger partial charge in [0.2, 0.25) is 0 Å². The Morgan fingerprint density at radius 1 is 1.23 bits per heavy atom. The number of rotatable bonds is 6. The minimum absolute atomic E-state index is 0.0811. The van der Waals surface area contributed by atoms with Crippen molar-refractivity contribution >= 4 is 10.9 Å². The zero-order chi connectivity index (χ0) is 15.2. The summed E-state index contributed by atoms with van der Waals surface area (Å²) in [6.07, 6.45) is 6.62. The summed E-state index contributed by atoms with van der Waals surface area (Å²) in [5.74, 6) is 0. The maximum atomic E-state index is 11.8. The van der Waals surface area contributed by atoms with Crippen molar-refractivity contribution < 1.29 is 9.47 Å². The van der Waals surface area contributed by atoms with Gasteiger partial charge in [-0.1, -0.05) is 12.1 Å². The largest absolute Gasteiger partial charge is 0.379 e. The van der Waals surface area contributed by atoms with Crippen LogP contribution < -0.4 is 5.43 Å². The maximum absolute atomic E-state index is 11.8. The molecule has 1 aromatic carbocycles. The van der Waals surface area contributed by atoms with Gasteiger partial charge in [0.15, 0.2) is 5.43 Å². The molecule has 0 radical (unpaired) electrons. The van der Waals surface area contributed by atoms with Crippen LogP contribution in [0.3, 0.4) is 0 Å². The quantitative estimate of drug-likeness (QED) is 0.770. The summed E-state index contributed by atoms with van der Waals surface area (Å²) in [6, 6.07) is 9.38. The summed E-state index contributed by atoms with van der Waals surface area (Å²) in [4.78, 5) is 11.8. The first-order valence-corrected chi connectivity index (χ1v) is 8.12. The smallest absolute Gasteiger partial charge is 0.189 e. The van der Waals surface area contributed by atoms with Crippen molar-refractivity contribution in [1.29, 1.82) is 0 Å². The highest BCUT2D eigenvalue weighted by Gasteiger charge is 2.13. The van der Waals surface area contributed by atoms with Gasteiger partial charge >= 0.3 is 0 Å². The third kappa shape index (κ3) is 3.76. The molecule has 0 amide bonds. The lowest BCUT2D eigenvalue weighted by Gasteiger charge is -2.22. The molecule has 3 rings (SSSR count). The van der Waals surface area contributed by atoms with Gasteiger partial charge in [-0.25, -0.2) is 0 Å². The van der Waals surface area contributed by atoms with Gasteiger partial charge in [0, 0.05) is 37.4 Å². The molecular formula is C18H23NO3. The second-order valence-corrected chi connectivity index (χ2v) is 5.81. The Labute approximate surface area is 130 Å². The zero-order valence-electron chi connectivity index (χ0n) is 12.9. The maximum Gasteiger partial charge on any atom is 0.189 e. The van der Waals surface area contributed by atoms with Crippen LogP contribution in [0.25, 0.3) is 10.9 Å². The Hall–Kier alpha value is -1.65. The Morgan fingerprint density at radius 2 is 2.14 bits per heavy atom. The van der Waals surface area contributed by atoms with Crippen LogP contribution in [0.1, 0.15) is 25.7 Å². The first-order chi connectivity index (χ1) is 10.8. The highest BCUT2D eigenvalue weighted by atomic mass is 16.5. The third-order valence-electron chi connectivity index (χ3n) is 4.15. The minimum Gasteiger partial charge on any atom is -0.379 e. The minimum atomic E-state index is 0.0811. The van der Waals surface area contributed by atoms with E-state index >= 15 is 0 Å². The predicted octanol–water partition coefficient (Wildman–Crippen LogP) is 2.98. The van der Waals surface area contributed by atoms with E-state index in [4.69, 9.17) is 9.47 Å². The number of hydrogen-bond donors (Lipinski definition) is 0. The van der Waals surface area contributed by atoms with Crippen molar-refractivity contribution in [2.24, 2.45) is 0 Å². The molecule has 1 atom stereocenters. The normalized spacial score (nSPS) is 18.6. The third-order valence-corrected chi connectivity index (χ3v) is 4.15. The second kappa shape index (κ2) is 7.56. The van der Waals surface area contributed by atoms with Crippen LogP contribution in [0.2, 0.25) is 0 Å². The van der Waals surface area contributed by atoms with Gasteiger partial charge < -0.3 is 14.0 Å². The van der Waals surface area contributed by atoms with Gasteiger partial charge in [0.25, 0.3) is 0 Å². The number of pyridine rings is 1. The molecule has 0 aliphatic carbocycles. The van der Waals surface area contributed by atoms with E-state index in [1.54, 1.807) is 6.07 Å². The van der Waals surface area contributed by atoms with Crippen molar-refractivity contribution in [3.8, 4) is 0 Å². The summed E-state index contributed by atoms with van der Waals surface area (Å²) in [7, 11) is 0. The predicted molar refractivity (Wildman–Crippen MR) is 87.2 cm³/mol. The molecule has 0 bridgehead atoms. The standard InChI is InChI=1S/C18H23NO3/c20-18-9-11-19(17-8-2-1-7-16(17)18)10-5-12-21-14-15-6-3-4-13-22-15/h1-2,7-9,11,15H,3-6,10,12-14H2/t15-/m1/s1. The van der Waals surface area contributed by atoms with Gasteiger partial charge in [-0.05, 0) is 37.8 Å².